The monoisotopic (exact) mass is 374 g/mol. The number of hydrogen-bond donors (Lipinski definition) is 2. The lowest BCUT2D eigenvalue weighted by Gasteiger charge is -2.13. The SMILES string of the molecule is Cc1nc(NCc2ccccc2NS(C)(=O)=O)n2ncc(C(C)C)c2n1. The van der Waals surface area contributed by atoms with Gasteiger partial charge in [0.05, 0.1) is 18.1 Å². The van der Waals surface area contributed by atoms with Crippen molar-refractivity contribution in [2.24, 2.45) is 0 Å². The summed E-state index contributed by atoms with van der Waals surface area (Å²) in [6.07, 6.45) is 2.93. The maximum absolute atomic E-state index is 11.5. The van der Waals surface area contributed by atoms with Crippen molar-refractivity contribution < 1.29 is 8.42 Å². The van der Waals surface area contributed by atoms with Gasteiger partial charge in [0.2, 0.25) is 16.0 Å². The molecule has 0 unspecified atom stereocenters. The molecule has 138 valence electrons. The summed E-state index contributed by atoms with van der Waals surface area (Å²) >= 11 is 0. The third kappa shape index (κ3) is 3.93. The summed E-state index contributed by atoms with van der Waals surface area (Å²) in [5, 5.41) is 7.63. The molecule has 1 aromatic carbocycles. The molecule has 0 saturated heterocycles. The summed E-state index contributed by atoms with van der Waals surface area (Å²) in [6.45, 7) is 6.41. The Bertz CT molecular complexity index is 1040. The molecule has 0 bridgehead atoms. The van der Waals surface area contributed by atoms with Gasteiger partial charge in [0.1, 0.15) is 5.82 Å². The van der Waals surface area contributed by atoms with Crippen molar-refractivity contribution in [3.8, 4) is 0 Å². The summed E-state index contributed by atoms with van der Waals surface area (Å²) < 4.78 is 27.3. The first-order chi connectivity index (χ1) is 12.2. The Kier molecular flexibility index (Phi) is 4.82. The number of aromatic nitrogens is 4. The first-order valence-corrected chi connectivity index (χ1v) is 10.2. The van der Waals surface area contributed by atoms with Crippen LogP contribution in [0.25, 0.3) is 5.65 Å². The Balaban J connectivity index is 1.92. The number of nitrogens with zero attached hydrogens (tertiary/aromatic N) is 4. The summed E-state index contributed by atoms with van der Waals surface area (Å²) in [5.74, 6) is 1.51. The summed E-state index contributed by atoms with van der Waals surface area (Å²) in [5.41, 5.74) is 3.17. The van der Waals surface area contributed by atoms with Crippen molar-refractivity contribution in [1.82, 2.24) is 19.6 Å². The number of aryl methyl sites for hydroxylation is 1. The van der Waals surface area contributed by atoms with Crippen LogP contribution >= 0.6 is 0 Å². The third-order valence-corrected chi connectivity index (χ3v) is 4.47. The molecule has 0 saturated carbocycles. The number of fused-ring (bicyclic) bond motifs is 1. The van der Waals surface area contributed by atoms with E-state index in [1.54, 1.807) is 22.8 Å². The van der Waals surface area contributed by atoms with Crippen LogP contribution in [-0.2, 0) is 16.6 Å². The van der Waals surface area contributed by atoms with E-state index in [2.05, 4.69) is 39.0 Å². The predicted octanol–water partition coefficient (Wildman–Crippen LogP) is 2.54. The van der Waals surface area contributed by atoms with E-state index >= 15 is 0 Å². The van der Waals surface area contributed by atoms with Crippen molar-refractivity contribution in [2.45, 2.75) is 33.2 Å². The molecule has 26 heavy (non-hydrogen) atoms. The minimum Gasteiger partial charge on any atom is -0.350 e. The molecule has 3 rings (SSSR count). The van der Waals surface area contributed by atoms with Crippen molar-refractivity contribution in [3.63, 3.8) is 0 Å². The first kappa shape index (κ1) is 18.1. The molecule has 0 aliphatic heterocycles. The van der Waals surface area contributed by atoms with E-state index in [1.165, 1.54) is 0 Å². The Hall–Kier alpha value is -2.68. The van der Waals surface area contributed by atoms with E-state index < -0.39 is 10.0 Å². The lowest BCUT2D eigenvalue weighted by atomic mass is 10.1. The highest BCUT2D eigenvalue weighted by Crippen LogP contribution is 2.22. The van der Waals surface area contributed by atoms with Gasteiger partial charge < -0.3 is 5.32 Å². The van der Waals surface area contributed by atoms with Gasteiger partial charge in [0.15, 0.2) is 5.65 Å². The molecule has 0 fully saturated rings. The Morgan fingerprint density at radius 2 is 1.92 bits per heavy atom. The average Bonchev–Trinajstić information content (AvgIpc) is 2.96. The highest BCUT2D eigenvalue weighted by Gasteiger charge is 2.14. The maximum Gasteiger partial charge on any atom is 0.229 e. The van der Waals surface area contributed by atoms with Gasteiger partial charge in [-0.05, 0) is 24.5 Å². The molecule has 9 heteroatoms. The second-order valence-electron chi connectivity index (χ2n) is 6.47. The lowest BCUT2D eigenvalue weighted by Crippen LogP contribution is -2.14. The van der Waals surface area contributed by atoms with E-state index in [-0.39, 0.29) is 0 Å². The second-order valence-corrected chi connectivity index (χ2v) is 8.22. The van der Waals surface area contributed by atoms with Gasteiger partial charge in [0.25, 0.3) is 0 Å². The fourth-order valence-corrected chi connectivity index (χ4v) is 3.27. The quantitative estimate of drug-likeness (QED) is 0.687. The van der Waals surface area contributed by atoms with Crippen LogP contribution in [0, 0.1) is 6.92 Å². The molecule has 8 nitrogen and oxygen atoms in total. The van der Waals surface area contributed by atoms with Crippen LogP contribution in [0.2, 0.25) is 0 Å². The first-order valence-electron chi connectivity index (χ1n) is 8.26. The van der Waals surface area contributed by atoms with Crippen LogP contribution in [0.5, 0.6) is 0 Å². The molecule has 2 heterocycles. The third-order valence-electron chi connectivity index (χ3n) is 3.88. The Morgan fingerprint density at radius 3 is 2.62 bits per heavy atom. The Labute approximate surface area is 152 Å². The molecule has 0 aliphatic carbocycles. The number of benzene rings is 1. The zero-order chi connectivity index (χ0) is 18.9. The van der Waals surface area contributed by atoms with Gasteiger partial charge in [0, 0.05) is 12.1 Å². The molecule has 2 N–H and O–H groups in total. The Morgan fingerprint density at radius 1 is 1.19 bits per heavy atom. The molecule has 0 amide bonds. The van der Waals surface area contributed by atoms with Gasteiger partial charge in [-0.25, -0.2) is 13.4 Å². The van der Waals surface area contributed by atoms with Gasteiger partial charge in [-0.2, -0.15) is 14.6 Å². The normalized spacial score (nSPS) is 11.9. The number of sulfonamides is 1. The second kappa shape index (κ2) is 6.91. The standard InChI is InChI=1S/C17H22N6O2S/c1-11(2)14-10-19-23-16(14)20-12(3)21-17(23)18-9-13-7-5-6-8-15(13)22-26(4,24)25/h5-8,10-11,22H,9H2,1-4H3,(H,18,20,21). The molecule has 2 aromatic heterocycles. The average molecular weight is 374 g/mol. The highest BCUT2D eigenvalue weighted by molar-refractivity contribution is 7.92. The largest absolute Gasteiger partial charge is 0.350 e. The van der Waals surface area contributed by atoms with E-state index in [9.17, 15) is 8.42 Å². The smallest absolute Gasteiger partial charge is 0.229 e. The minimum absolute atomic E-state index is 0.300. The molecule has 0 radical (unpaired) electrons. The number of nitrogens with one attached hydrogen (secondary N) is 2. The zero-order valence-electron chi connectivity index (χ0n) is 15.2. The number of rotatable bonds is 6. The molecule has 0 spiro atoms. The van der Waals surface area contributed by atoms with Crippen LogP contribution < -0.4 is 10.0 Å². The fourth-order valence-electron chi connectivity index (χ4n) is 2.67. The van der Waals surface area contributed by atoms with Crippen molar-refractivity contribution in [1.29, 1.82) is 0 Å². The van der Waals surface area contributed by atoms with Crippen molar-refractivity contribution in [2.75, 3.05) is 16.3 Å². The van der Waals surface area contributed by atoms with Crippen molar-refractivity contribution >= 4 is 27.3 Å². The van der Waals surface area contributed by atoms with E-state index in [4.69, 9.17) is 0 Å². The van der Waals surface area contributed by atoms with Crippen molar-refractivity contribution in [3.05, 3.63) is 47.4 Å². The van der Waals surface area contributed by atoms with E-state index in [1.807, 2.05) is 19.1 Å². The lowest BCUT2D eigenvalue weighted by molar-refractivity contribution is 0.606. The number of hydrogen-bond acceptors (Lipinski definition) is 6. The topological polar surface area (TPSA) is 101 Å². The van der Waals surface area contributed by atoms with Crippen LogP contribution in [0.1, 0.15) is 36.7 Å². The fraction of sp³-hybridized carbons (Fsp3) is 0.353. The molecule has 3 aromatic rings. The van der Waals surface area contributed by atoms with Gasteiger partial charge >= 0.3 is 0 Å². The number of para-hydroxylation sites is 1. The minimum atomic E-state index is -3.35. The maximum atomic E-state index is 11.5. The predicted molar refractivity (Wildman–Crippen MR) is 102 cm³/mol. The summed E-state index contributed by atoms with van der Waals surface area (Å²) in [7, 11) is -3.35. The highest BCUT2D eigenvalue weighted by atomic mass is 32.2. The summed E-state index contributed by atoms with van der Waals surface area (Å²) in [4.78, 5) is 8.93. The van der Waals surface area contributed by atoms with E-state index in [0.717, 1.165) is 23.0 Å². The number of anilines is 2. The zero-order valence-corrected chi connectivity index (χ0v) is 16.0. The van der Waals surface area contributed by atoms with Crippen LogP contribution in [-0.4, -0.2) is 34.3 Å². The van der Waals surface area contributed by atoms with Crippen LogP contribution in [0.3, 0.4) is 0 Å². The molecule has 0 atom stereocenters. The van der Waals surface area contributed by atoms with Gasteiger partial charge in [-0.15, -0.1) is 0 Å². The molecular weight excluding hydrogens is 352 g/mol. The van der Waals surface area contributed by atoms with Crippen LogP contribution in [0.4, 0.5) is 11.6 Å². The summed E-state index contributed by atoms with van der Waals surface area (Å²) in [6, 6.07) is 7.22. The van der Waals surface area contributed by atoms with Crippen LogP contribution in [0.15, 0.2) is 30.5 Å². The molecule has 0 aliphatic rings. The van der Waals surface area contributed by atoms with E-state index in [0.29, 0.717) is 29.9 Å². The van der Waals surface area contributed by atoms with Gasteiger partial charge in [-0.1, -0.05) is 32.0 Å². The molecular formula is C17H22N6O2S. The van der Waals surface area contributed by atoms with Gasteiger partial charge in [-0.3, -0.25) is 4.72 Å².